The standard InChI is InChI=1S/C18H22N4O.ClH/c1-21-9-16(6-20-21)13-4-17(7-19-5-13)23-18-14-2-12-3-15(18)11-22(8-12)10-14;/h4-7,9,12,14-15,18H,2-3,8,10-11H2,1H3;1H. The molecule has 4 aliphatic rings. The van der Waals surface area contributed by atoms with Gasteiger partial charge in [0.2, 0.25) is 0 Å². The summed E-state index contributed by atoms with van der Waals surface area (Å²) in [5.74, 6) is 3.21. The molecule has 0 N–H and O–H groups in total. The molecule has 3 aliphatic heterocycles. The number of rotatable bonds is 3. The third-order valence-electron chi connectivity index (χ3n) is 5.73. The molecule has 128 valence electrons. The Hall–Kier alpha value is -1.59. The molecule has 3 saturated heterocycles. The number of ether oxygens (including phenoxy) is 1. The smallest absolute Gasteiger partial charge is 0.138 e. The minimum absolute atomic E-state index is 0. The Bertz CT molecular complexity index is 703. The predicted octanol–water partition coefficient (Wildman–Crippen LogP) is 2.62. The summed E-state index contributed by atoms with van der Waals surface area (Å²) in [5, 5.41) is 4.24. The van der Waals surface area contributed by atoms with Crippen molar-refractivity contribution in [3.63, 3.8) is 0 Å². The Morgan fingerprint density at radius 3 is 2.50 bits per heavy atom. The second-order valence-corrected chi connectivity index (χ2v) is 7.47. The van der Waals surface area contributed by atoms with Crippen LogP contribution in [0.25, 0.3) is 11.1 Å². The van der Waals surface area contributed by atoms with Gasteiger partial charge < -0.3 is 9.64 Å². The van der Waals surface area contributed by atoms with E-state index in [-0.39, 0.29) is 12.4 Å². The van der Waals surface area contributed by atoms with E-state index in [9.17, 15) is 0 Å². The fourth-order valence-electron chi connectivity index (χ4n) is 4.92. The van der Waals surface area contributed by atoms with Crippen LogP contribution in [-0.2, 0) is 7.05 Å². The summed E-state index contributed by atoms with van der Waals surface area (Å²) < 4.78 is 8.26. The first kappa shape index (κ1) is 15.9. The highest BCUT2D eigenvalue weighted by molar-refractivity contribution is 5.85. The summed E-state index contributed by atoms with van der Waals surface area (Å²) in [4.78, 5) is 7.02. The zero-order chi connectivity index (χ0) is 15.4. The lowest BCUT2D eigenvalue weighted by Crippen LogP contribution is -2.61. The van der Waals surface area contributed by atoms with Crippen molar-refractivity contribution in [2.24, 2.45) is 24.8 Å². The molecule has 2 aromatic heterocycles. The van der Waals surface area contributed by atoms with Crippen LogP contribution in [0.4, 0.5) is 0 Å². The lowest BCUT2D eigenvalue weighted by atomic mass is 9.66. The average Bonchev–Trinajstić information content (AvgIpc) is 2.97. The van der Waals surface area contributed by atoms with Gasteiger partial charge in [0.25, 0.3) is 0 Å². The Labute approximate surface area is 148 Å². The number of pyridine rings is 1. The fourth-order valence-corrected chi connectivity index (χ4v) is 4.92. The first-order valence-corrected chi connectivity index (χ1v) is 8.57. The third kappa shape index (κ3) is 2.70. The van der Waals surface area contributed by atoms with Crippen LogP contribution in [-0.4, -0.2) is 45.4 Å². The van der Waals surface area contributed by atoms with Crippen molar-refractivity contribution in [1.82, 2.24) is 19.7 Å². The number of hydrogen-bond acceptors (Lipinski definition) is 4. The fraction of sp³-hybridized carbons (Fsp3) is 0.556. The second-order valence-electron chi connectivity index (χ2n) is 7.47. The van der Waals surface area contributed by atoms with Crippen molar-refractivity contribution < 1.29 is 4.74 Å². The minimum Gasteiger partial charge on any atom is -0.488 e. The third-order valence-corrected chi connectivity index (χ3v) is 5.73. The molecule has 2 unspecified atom stereocenters. The zero-order valence-corrected chi connectivity index (χ0v) is 14.7. The number of halogens is 1. The van der Waals surface area contributed by atoms with Crippen molar-refractivity contribution in [2.45, 2.75) is 18.9 Å². The molecule has 5 nitrogen and oxygen atoms in total. The zero-order valence-electron chi connectivity index (χ0n) is 13.8. The molecule has 6 heteroatoms. The van der Waals surface area contributed by atoms with E-state index in [1.54, 1.807) is 0 Å². The van der Waals surface area contributed by atoms with Gasteiger partial charge in [0, 0.05) is 62.0 Å². The summed E-state index contributed by atoms with van der Waals surface area (Å²) >= 11 is 0. The number of aryl methyl sites for hydroxylation is 1. The van der Waals surface area contributed by atoms with Crippen LogP contribution in [0.3, 0.4) is 0 Å². The first-order chi connectivity index (χ1) is 11.2. The van der Waals surface area contributed by atoms with Gasteiger partial charge in [-0.1, -0.05) is 0 Å². The normalized spacial score (nSPS) is 33.3. The van der Waals surface area contributed by atoms with Gasteiger partial charge in [-0.15, -0.1) is 12.4 Å². The Kier molecular flexibility index (Phi) is 4.01. The van der Waals surface area contributed by atoms with Crippen LogP contribution in [0.5, 0.6) is 5.75 Å². The molecular formula is C18H23ClN4O. The van der Waals surface area contributed by atoms with Crippen molar-refractivity contribution >= 4 is 12.4 Å². The van der Waals surface area contributed by atoms with Crippen LogP contribution in [0.1, 0.15) is 12.8 Å². The maximum atomic E-state index is 6.44. The van der Waals surface area contributed by atoms with Crippen molar-refractivity contribution in [2.75, 3.05) is 19.6 Å². The number of hydrogen-bond donors (Lipinski definition) is 0. The maximum Gasteiger partial charge on any atom is 0.138 e. The van der Waals surface area contributed by atoms with Gasteiger partial charge >= 0.3 is 0 Å². The van der Waals surface area contributed by atoms with Gasteiger partial charge in [0.1, 0.15) is 11.9 Å². The summed E-state index contributed by atoms with van der Waals surface area (Å²) in [5.41, 5.74) is 2.16. The second kappa shape index (κ2) is 6.05. The van der Waals surface area contributed by atoms with E-state index < -0.39 is 0 Å². The van der Waals surface area contributed by atoms with E-state index in [4.69, 9.17) is 4.74 Å². The molecule has 1 aliphatic carbocycles. The van der Waals surface area contributed by atoms with Crippen LogP contribution in [0.2, 0.25) is 0 Å². The molecule has 2 aromatic rings. The lowest BCUT2D eigenvalue weighted by Gasteiger charge is -2.55. The van der Waals surface area contributed by atoms with Gasteiger partial charge in [0.15, 0.2) is 0 Å². The van der Waals surface area contributed by atoms with Crippen LogP contribution < -0.4 is 4.74 Å². The molecule has 2 atom stereocenters. The van der Waals surface area contributed by atoms with E-state index in [0.717, 1.165) is 22.8 Å². The Morgan fingerprint density at radius 2 is 1.83 bits per heavy atom. The highest BCUT2D eigenvalue weighted by Crippen LogP contribution is 2.45. The van der Waals surface area contributed by atoms with Gasteiger partial charge in [-0.3, -0.25) is 9.67 Å². The van der Waals surface area contributed by atoms with E-state index in [0.29, 0.717) is 17.9 Å². The summed E-state index contributed by atoms with van der Waals surface area (Å²) in [6, 6.07) is 2.11. The molecule has 1 saturated carbocycles. The highest BCUT2D eigenvalue weighted by atomic mass is 35.5. The van der Waals surface area contributed by atoms with E-state index in [1.807, 2.05) is 36.5 Å². The minimum atomic E-state index is 0. The summed E-state index contributed by atoms with van der Waals surface area (Å²) in [6.45, 7) is 3.75. The summed E-state index contributed by atoms with van der Waals surface area (Å²) in [6.07, 6.45) is 10.7. The van der Waals surface area contributed by atoms with Gasteiger partial charge in [-0.25, -0.2) is 0 Å². The molecule has 0 radical (unpaired) electrons. The molecule has 24 heavy (non-hydrogen) atoms. The highest BCUT2D eigenvalue weighted by Gasteiger charge is 2.48. The van der Waals surface area contributed by atoms with Gasteiger partial charge in [0.05, 0.1) is 12.4 Å². The van der Waals surface area contributed by atoms with Crippen molar-refractivity contribution in [3.05, 3.63) is 30.9 Å². The van der Waals surface area contributed by atoms with Gasteiger partial charge in [-0.05, 0) is 24.8 Å². The Morgan fingerprint density at radius 1 is 1.04 bits per heavy atom. The molecular weight excluding hydrogens is 324 g/mol. The monoisotopic (exact) mass is 346 g/mol. The van der Waals surface area contributed by atoms with Crippen LogP contribution in [0, 0.1) is 17.8 Å². The van der Waals surface area contributed by atoms with E-state index >= 15 is 0 Å². The number of piperidine rings is 3. The summed E-state index contributed by atoms with van der Waals surface area (Å²) in [7, 11) is 1.93. The largest absolute Gasteiger partial charge is 0.488 e. The number of aromatic nitrogens is 3. The van der Waals surface area contributed by atoms with Crippen molar-refractivity contribution in [3.8, 4) is 16.9 Å². The quantitative estimate of drug-likeness (QED) is 0.857. The predicted molar refractivity (Wildman–Crippen MR) is 94.2 cm³/mol. The lowest BCUT2D eigenvalue weighted by molar-refractivity contribution is -0.0985. The molecule has 5 heterocycles. The molecule has 0 aromatic carbocycles. The molecule has 4 fully saturated rings. The van der Waals surface area contributed by atoms with Crippen LogP contribution >= 0.6 is 12.4 Å². The molecule has 4 bridgehead atoms. The average molecular weight is 347 g/mol. The topological polar surface area (TPSA) is 43.2 Å². The maximum absolute atomic E-state index is 6.44. The van der Waals surface area contributed by atoms with E-state index in [2.05, 4.69) is 21.0 Å². The van der Waals surface area contributed by atoms with Crippen molar-refractivity contribution in [1.29, 1.82) is 0 Å². The van der Waals surface area contributed by atoms with Gasteiger partial charge in [-0.2, -0.15) is 5.10 Å². The first-order valence-electron chi connectivity index (χ1n) is 8.57. The molecule has 0 amide bonds. The van der Waals surface area contributed by atoms with E-state index in [1.165, 1.54) is 32.5 Å². The van der Waals surface area contributed by atoms with Crippen LogP contribution in [0.15, 0.2) is 30.9 Å². The SMILES string of the molecule is Cl.Cn1cc(-c2cncc(OC3C4CC5CC3CN(C5)C4)c2)cn1. The number of nitrogens with zero attached hydrogens (tertiary/aromatic N) is 4. The Balaban J connectivity index is 0.00000146. The molecule has 0 spiro atoms. The molecule has 6 rings (SSSR count).